The Balaban J connectivity index is 2.12. The molecule has 18 unspecified atom stereocenters. The molecule has 3 saturated heterocycles. The van der Waals surface area contributed by atoms with Crippen molar-refractivity contribution < 1.29 is 68.3 Å². The van der Waals surface area contributed by atoms with Crippen LogP contribution in [-0.2, 0) is 42.7 Å². The summed E-state index contributed by atoms with van der Waals surface area (Å²) in [6.45, 7) is 20.4. The number of likely N-dealkylation sites (N-methyl/N-ethyl adjacent to an activating group) is 2. The second kappa shape index (κ2) is 21.7. The minimum atomic E-state index is -1.83. The number of rotatable bonds is 12. The summed E-state index contributed by atoms with van der Waals surface area (Å²) in [6, 6.07) is -0.979. The van der Waals surface area contributed by atoms with Gasteiger partial charge in [-0.3, -0.25) is 9.59 Å². The van der Waals surface area contributed by atoms with Gasteiger partial charge in [-0.1, -0.05) is 20.8 Å². The van der Waals surface area contributed by atoms with Crippen LogP contribution in [0.1, 0.15) is 115 Å². The van der Waals surface area contributed by atoms with Gasteiger partial charge >= 0.3 is 11.9 Å². The smallest absolute Gasteiger partial charge is 0.311 e. The summed E-state index contributed by atoms with van der Waals surface area (Å²) in [4.78, 5) is 30.3. The molecule has 0 aromatic carbocycles. The number of aliphatic hydroxyl groups is 5. The van der Waals surface area contributed by atoms with E-state index in [-0.39, 0.29) is 43.7 Å². The highest BCUT2D eigenvalue weighted by atomic mass is 16.7. The Bertz CT molecular complexity index is 1320. The summed E-state index contributed by atoms with van der Waals surface area (Å²) in [5.41, 5.74) is -4.50. The Kier molecular flexibility index (Phi) is 19.1. The van der Waals surface area contributed by atoms with Gasteiger partial charge in [0.05, 0.1) is 48.1 Å². The topological polar surface area (TPSA) is 206 Å². The molecule has 0 amide bonds. The molecule has 3 heterocycles. The quantitative estimate of drug-likeness (QED) is 0.179. The normalized spacial score (nSPS) is 45.0. The Morgan fingerprint density at radius 2 is 1.61 bits per heavy atom. The zero-order chi connectivity index (χ0) is 44.8. The molecular weight excluding hydrogens is 768 g/mol. The third-order valence-electron chi connectivity index (χ3n) is 13.3. The van der Waals surface area contributed by atoms with Crippen LogP contribution in [0.4, 0.5) is 0 Å². The number of cyclic esters (lactones) is 1. The van der Waals surface area contributed by atoms with Crippen LogP contribution in [0.15, 0.2) is 0 Å². The molecule has 3 rings (SSSR count). The third-order valence-corrected chi connectivity index (χ3v) is 13.3. The lowest BCUT2D eigenvalue weighted by molar-refractivity contribution is -0.318. The Labute approximate surface area is 353 Å². The van der Waals surface area contributed by atoms with Crippen LogP contribution in [0.25, 0.3) is 0 Å². The average molecular weight is 849 g/mol. The molecule has 0 aromatic heterocycles. The number of carbonyl (C=O) groups excluding carboxylic acids is 2. The fraction of sp³-hybridized carbons (Fsp3) is 0.953. The predicted molar refractivity (Wildman–Crippen MR) is 219 cm³/mol. The van der Waals surface area contributed by atoms with E-state index in [9.17, 15) is 35.1 Å². The predicted octanol–water partition coefficient (Wildman–Crippen LogP) is 2.61. The van der Waals surface area contributed by atoms with Gasteiger partial charge in [0.2, 0.25) is 0 Å². The summed E-state index contributed by atoms with van der Waals surface area (Å²) < 4.78 is 42.9. The largest absolute Gasteiger partial charge is 0.466 e. The van der Waals surface area contributed by atoms with Crippen LogP contribution in [0, 0.1) is 17.8 Å². The average Bonchev–Trinajstić information content (AvgIpc) is 3.16. The Hall–Kier alpha value is -1.54. The lowest BCUT2D eigenvalue weighted by Gasteiger charge is -2.49. The molecule has 3 aliphatic heterocycles. The van der Waals surface area contributed by atoms with Crippen LogP contribution < -0.4 is 0 Å². The van der Waals surface area contributed by atoms with Gasteiger partial charge in [0.15, 0.2) is 12.6 Å². The van der Waals surface area contributed by atoms with Gasteiger partial charge in [0.1, 0.15) is 30.0 Å². The lowest BCUT2D eigenvalue weighted by atomic mass is 9.77. The van der Waals surface area contributed by atoms with Crippen molar-refractivity contribution in [2.24, 2.45) is 17.8 Å². The van der Waals surface area contributed by atoms with Gasteiger partial charge in [0.25, 0.3) is 0 Å². The second-order valence-electron chi connectivity index (χ2n) is 18.6. The van der Waals surface area contributed by atoms with Crippen molar-refractivity contribution in [3.8, 4) is 0 Å². The molecule has 346 valence electrons. The van der Waals surface area contributed by atoms with Crippen LogP contribution in [0.5, 0.6) is 0 Å². The van der Waals surface area contributed by atoms with E-state index in [0.29, 0.717) is 32.5 Å². The summed E-state index contributed by atoms with van der Waals surface area (Å²) in [5.74, 6) is -3.03. The first-order chi connectivity index (χ1) is 27.3. The minimum Gasteiger partial charge on any atom is -0.466 e. The highest BCUT2D eigenvalue weighted by Crippen LogP contribution is 2.40. The number of methoxy groups -OCH3 is 1. The van der Waals surface area contributed by atoms with Gasteiger partial charge in [-0.2, -0.15) is 0 Å². The van der Waals surface area contributed by atoms with Crippen molar-refractivity contribution in [2.45, 2.75) is 205 Å². The Morgan fingerprint density at radius 1 is 0.966 bits per heavy atom. The van der Waals surface area contributed by atoms with Gasteiger partial charge in [0, 0.05) is 44.5 Å². The van der Waals surface area contributed by atoms with Gasteiger partial charge in [-0.15, -0.1) is 0 Å². The van der Waals surface area contributed by atoms with E-state index in [4.69, 9.17) is 33.2 Å². The molecule has 0 bridgehead atoms. The molecule has 0 aromatic rings. The number of carbonyl (C=O) groups is 2. The molecule has 0 aliphatic carbocycles. The van der Waals surface area contributed by atoms with E-state index in [1.54, 1.807) is 55.4 Å². The van der Waals surface area contributed by atoms with Gasteiger partial charge in [-0.25, -0.2) is 0 Å². The number of esters is 2. The molecule has 16 nitrogen and oxygen atoms in total. The monoisotopic (exact) mass is 849 g/mol. The molecule has 16 heteroatoms. The van der Waals surface area contributed by atoms with Gasteiger partial charge < -0.3 is 68.5 Å². The van der Waals surface area contributed by atoms with Crippen molar-refractivity contribution in [3.05, 3.63) is 0 Å². The minimum absolute atomic E-state index is 0.105. The fourth-order valence-corrected chi connectivity index (χ4v) is 9.53. The van der Waals surface area contributed by atoms with Crippen molar-refractivity contribution in [3.63, 3.8) is 0 Å². The van der Waals surface area contributed by atoms with Crippen LogP contribution in [0.2, 0.25) is 0 Å². The first-order valence-corrected chi connectivity index (χ1v) is 21.8. The van der Waals surface area contributed by atoms with Crippen molar-refractivity contribution in [2.75, 3.05) is 40.9 Å². The van der Waals surface area contributed by atoms with E-state index in [1.807, 2.05) is 37.7 Å². The molecule has 59 heavy (non-hydrogen) atoms. The number of ether oxygens (including phenoxy) is 7. The SMILES string of the molecule is CCOC(=O)CCCN(C)C1CC(C)OC(OC2C(C)C(OC3CC(C)(OC)C(O)C(C)O3)C(C)C(=O)OC(CC)C(C)(O)C(O)C(C)N(C)CC(C)CC2(C)O)C1O. The number of nitrogens with zero attached hydrogens (tertiary/aromatic N) is 2. The molecular formula is C43H80N2O14. The number of hydrogen-bond acceptors (Lipinski definition) is 16. The maximum Gasteiger partial charge on any atom is 0.311 e. The van der Waals surface area contributed by atoms with Crippen molar-refractivity contribution in [1.82, 2.24) is 9.80 Å². The van der Waals surface area contributed by atoms with Crippen molar-refractivity contribution >= 4 is 11.9 Å². The molecule has 3 fully saturated rings. The summed E-state index contributed by atoms with van der Waals surface area (Å²) in [7, 11) is 5.20. The zero-order valence-electron chi connectivity index (χ0n) is 38.3. The van der Waals surface area contributed by atoms with Crippen molar-refractivity contribution in [1.29, 1.82) is 0 Å². The second-order valence-corrected chi connectivity index (χ2v) is 18.6. The highest BCUT2D eigenvalue weighted by molar-refractivity contribution is 5.73. The van der Waals surface area contributed by atoms with Crippen LogP contribution in [-0.4, -0.2) is 178 Å². The molecule has 5 N–H and O–H groups in total. The molecule has 0 radical (unpaired) electrons. The first-order valence-electron chi connectivity index (χ1n) is 21.8. The molecule has 0 saturated carbocycles. The van der Waals surface area contributed by atoms with Crippen LogP contribution in [0.3, 0.4) is 0 Å². The summed E-state index contributed by atoms with van der Waals surface area (Å²) in [6.07, 6.45) is -8.19. The van der Waals surface area contributed by atoms with Crippen LogP contribution >= 0.6 is 0 Å². The first kappa shape index (κ1) is 51.8. The fourth-order valence-electron chi connectivity index (χ4n) is 9.53. The standard InChI is InChI=1S/C43H80N2O14/c1-15-31-43(11,52)36(48)28(7)45(13)23-24(3)21-41(9,51)38(59-40-34(47)30(20-25(4)55-40)44(12)19-17-18-32(46)54-16-2)26(5)35(27(6)39(50)57-31)58-33-22-42(10,53-14)37(49)29(8)56-33/h24-31,33-38,40,47-49,51-52H,15-23H2,1-14H3. The van der Waals surface area contributed by atoms with E-state index in [0.717, 1.165) is 0 Å². The van der Waals surface area contributed by atoms with Gasteiger partial charge in [-0.05, 0) is 108 Å². The Morgan fingerprint density at radius 3 is 2.20 bits per heavy atom. The lowest BCUT2D eigenvalue weighted by Crippen LogP contribution is -2.60. The van der Waals surface area contributed by atoms with E-state index < -0.39 is 102 Å². The molecule has 3 aliphatic rings. The molecule has 0 spiro atoms. The van der Waals surface area contributed by atoms with E-state index in [1.165, 1.54) is 14.0 Å². The summed E-state index contributed by atoms with van der Waals surface area (Å²) in [5, 5.41) is 58.9. The van der Waals surface area contributed by atoms with E-state index >= 15 is 0 Å². The maximum atomic E-state index is 14.3. The summed E-state index contributed by atoms with van der Waals surface area (Å²) >= 11 is 0. The zero-order valence-corrected chi connectivity index (χ0v) is 38.3. The molecule has 18 atom stereocenters. The maximum absolute atomic E-state index is 14.3. The van der Waals surface area contributed by atoms with E-state index in [2.05, 4.69) is 0 Å². The number of aliphatic hydroxyl groups excluding tert-OH is 3. The highest BCUT2D eigenvalue weighted by Gasteiger charge is 2.52. The number of hydrogen-bond donors (Lipinski definition) is 5. The third kappa shape index (κ3) is 12.8.